The number of nitrogens with one attached hydrogen (secondary N) is 1. The molecule has 0 aliphatic rings. The molecule has 0 radical (unpaired) electrons. The zero-order valence-corrected chi connectivity index (χ0v) is 16.5. The van der Waals surface area contributed by atoms with Crippen molar-refractivity contribution in [1.29, 1.82) is 5.26 Å². The van der Waals surface area contributed by atoms with E-state index in [9.17, 15) is 9.59 Å². The maximum Gasteiger partial charge on any atom is 0.358 e. The number of methoxy groups -OCH3 is 1. The van der Waals surface area contributed by atoms with Crippen LogP contribution >= 0.6 is 11.3 Å². The lowest BCUT2D eigenvalue weighted by Crippen LogP contribution is -2.30. The van der Waals surface area contributed by atoms with Gasteiger partial charge in [0.15, 0.2) is 11.8 Å². The van der Waals surface area contributed by atoms with E-state index >= 15 is 0 Å². The van der Waals surface area contributed by atoms with Crippen LogP contribution in [0.25, 0.3) is 10.6 Å². The van der Waals surface area contributed by atoms with E-state index in [1.165, 1.54) is 24.3 Å². The summed E-state index contributed by atoms with van der Waals surface area (Å²) >= 11 is 1.30. The molecule has 0 aliphatic carbocycles. The molecule has 2 aromatic carbocycles. The van der Waals surface area contributed by atoms with Gasteiger partial charge < -0.3 is 14.8 Å². The van der Waals surface area contributed by atoms with Crippen molar-refractivity contribution in [3.05, 3.63) is 65.2 Å². The van der Waals surface area contributed by atoms with Crippen LogP contribution in [0.2, 0.25) is 0 Å². The highest BCUT2D eigenvalue weighted by atomic mass is 32.1. The van der Waals surface area contributed by atoms with E-state index in [1.54, 1.807) is 30.7 Å². The molecule has 1 atom stereocenters. The molecule has 3 aromatic rings. The van der Waals surface area contributed by atoms with Gasteiger partial charge in [0.25, 0.3) is 5.91 Å². The van der Waals surface area contributed by atoms with Gasteiger partial charge in [-0.25, -0.2) is 9.78 Å². The van der Waals surface area contributed by atoms with Crippen molar-refractivity contribution in [3.8, 4) is 22.4 Å². The number of aromatic nitrogens is 1. The summed E-state index contributed by atoms with van der Waals surface area (Å²) in [4.78, 5) is 28.9. The van der Waals surface area contributed by atoms with Crippen molar-refractivity contribution < 1.29 is 19.1 Å². The van der Waals surface area contributed by atoms with Crippen molar-refractivity contribution in [1.82, 2.24) is 4.98 Å². The third-order valence-electron chi connectivity index (χ3n) is 3.96. The van der Waals surface area contributed by atoms with Gasteiger partial charge in [0.1, 0.15) is 10.8 Å². The third kappa shape index (κ3) is 4.97. The number of anilines is 1. The highest BCUT2D eigenvalue weighted by Crippen LogP contribution is 2.26. The van der Waals surface area contributed by atoms with E-state index in [4.69, 9.17) is 14.7 Å². The smallest absolute Gasteiger partial charge is 0.358 e. The first kappa shape index (κ1) is 20.0. The first-order chi connectivity index (χ1) is 14.0. The average Bonchev–Trinajstić information content (AvgIpc) is 3.24. The molecule has 7 nitrogen and oxygen atoms in total. The van der Waals surface area contributed by atoms with Crippen LogP contribution in [0.3, 0.4) is 0 Å². The number of nitrogens with zero attached hydrogens (tertiary/aromatic N) is 2. The zero-order chi connectivity index (χ0) is 20.8. The summed E-state index contributed by atoms with van der Waals surface area (Å²) in [5, 5.41) is 13.8. The minimum atomic E-state index is -1.03. The van der Waals surface area contributed by atoms with Crippen molar-refractivity contribution in [2.45, 2.75) is 13.0 Å². The summed E-state index contributed by atoms with van der Waals surface area (Å²) in [5.74, 6) is -0.460. The zero-order valence-electron chi connectivity index (χ0n) is 15.7. The lowest BCUT2D eigenvalue weighted by Gasteiger charge is -2.12. The fourth-order valence-corrected chi connectivity index (χ4v) is 3.21. The summed E-state index contributed by atoms with van der Waals surface area (Å²) in [6.45, 7) is 1.47. The number of rotatable bonds is 6. The second kappa shape index (κ2) is 8.99. The van der Waals surface area contributed by atoms with Crippen LogP contribution in [0.1, 0.15) is 23.0 Å². The summed E-state index contributed by atoms with van der Waals surface area (Å²) in [6, 6.07) is 15.8. The molecule has 0 saturated heterocycles. The van der Waals surface area contributed by atoms with Gasteiger partial charge in [0.2, 0.25) is 0 Å². The predicted octanol–water partition coefficient (Wildman–Crippen LogP) is 3.87. The number of benzene rings is 2. The Morgan fingerprint density at radius 1 is 1.21 bits per heavy atom. The van der Waals surface area contributed by atoms with Gasteiger partial charge in [-0.1, -0.05) is 6.07 Å². The summed E-state index contributed by atoms with van der Waals surface area (Å²) in [5.41, 5.74) is 1.85. The lowest BCUT2D eigenvalue weighted by atomic mass is 10.2. The van der Waals surface area contributed by atoms with Crippen molar-refractivity contribution >= 4 is 28.9 Å². The molecule has 0 aliphatic heterocycles. The number of hydrogen-bond donors (Lipinski definition) is 1. The van der Waals surface area contributed by atoms with Crippen LogP contribution in [-0.4, -0.2) is 30.1 Å². The van der Waals surface area contributed by atoms with Gasteiger partial charge in [-0.2, -0.15) is 5.26 Å². The number of ether oxygens (including phenoxy) is 2. The number of amides is 1. The second-order valence-electron chi connectivity index (χ2n) is 6.00. The maximum atomic E-state index is 12.3. The van der Waals surface area contributed by atoms with Crippen LogP contribution in [0, 0.1) is 11.3 Å². The SMILES string of the molecule is COc1ccc(-c2nc(C(=O)O[C@@H](C)C(=O)Nc3cccc(C#N)c3)cs2)cc1. The maximum absolute atomic E-state index is 12.3. The molecule has 1 aromatic heterocycles. The molecule has 0 bridgehead atoms. The number of nitriles is 1. The minimum absolute atomic E-state index is 0.131. The molecule has 0 fully saturated rings. The van der Waals surface area contributed by atoms with Crippen molar-refractivity contribution in [3.63, 3.8) is 0 Å². The first-order valence-corrected chi connectivity index (χ1v) is 9.50. The van der Waals surface area contributed by atoms with Crippen LogP contribution in [0.15, 0.2) is 53.9 Å². The molecule has 0 spiro atoms. The van der Waals surface area contributed by atoms with Crippen LogP contribution in [-0.2, 0) is 9.53 Å². The third-order valence-corrected chi connectivity index (χ3v) is 4.85. The van der Waals surface area contributed by atoms with Crippen molar-refractivity contribution in [2.75, 3.05) is 12.4 Å². The topological polar surface area (TPSA) is 101 Å². The van der Waals surface area contributed by atoms with Gasteiger partial charge in [-0.05, 0) is 49.4 Å². The van der Waals surface area contributed by atoms with E-state index in [2.05, 4.69) is 10.3 Å². The number of thiazole rings is 1. The summed E-state index contributed by atoms with van der Waals surface area (Å²) in [6.07, 6.45) is -1.03. The second-order valence-corrected chi connectivity index (χ2v) is 6.85. The van der Waals surface area contributed by atoms with E-state index in [-0.39, 0.29) is 5.69 Å². The molecule has 29 heavy (non-hydrogen) atoms. The summed E-state index contributed by atoms with van der Waals surface area (Å²) < 4.78 is 10.3. The average molecular weight is 407 g/mol. The Hall–Kier alpha value is -3.70. The van der Waals surface area contributed by atoms with Crippen LogP contribution in [0.4, 0.5) is 5.69 Å². The molecule has 8 heteroatoms. The fraction of sp³-hybridized carbons (Fsp3) is 0.143. The number of hydrogen-bond acceptors (Lipinski definition) is 7. The van der Waals surface area contributed by atoms with Gasteiger partial charge >= 0.3 is 5.97 Å². The minimum Gasteiger partial charge on any atom is -0.497 e. The normalized spacial score (nSPS) is 11.2. The quantitative estimate of drug-likeness (QED) is 0.623. The first-order valence-electron chi connectivity index (χ1n) is 8.62. The van der Waals surface area contributed by atoms with E-state index < -0.39 is 18.0 Å². The predicted molar refractivity (Wildman–Crippen MR) is 109 cm³/mol. The molecule has 1 heterocycles. The Labute approximate surface area is 171 Å². The number of esters is 1. The molecule has 0 unspecified atom stereocenters. The Kier molecular flexibility index (Phi) is 6.22. The number of carbonyl (C=O) groups excluding carboxylic acids is 2. The summed E-state index contributed by atoms with van der Waals surface area (Å²) in [7, 11) is 1.59. The Balaban J connectivity index is 1.62. The molecule has 146 valence electrons. The lowest BCUT2D eigenvalue weighted by molar-refractivity contribution is -0.123. The Bertz CT molecular complexity index is 1070. The largest absolute Gasteiger partial charge is 0.497 e. The molecular formula is C21H17N3O4S. The van der Waals surface area contributed by atoms with Crippen LogP contribution < -0.4 is 10.1 Å². The fourth-order valence-electron chi connectivity index (χ4n) is 2.42. The Morgan fingerprint density at radius 3 is 2.66 bits per heavy atom. The van der Waals surface area contributed by atoms with Crippen molar-refractivity contribution in [2.24, 2.45) is 0 Å². The van der Waals surface area contributed by atoms with Gasteiger partial charge in [0, 0.05) is 16.6 Å². The molecule has 0 saturated carbocycles. The highest BCUT2D eigenvalue weighted by molar-refractivity contribution is 7.13. The Morgan fingerprint density at radius 2 is 1.97 bits per heavy atom. The van der Waals surface area contributed by atoms with Gasteiger partial charge in [-0.15, -0.1) is 11.3 Å². The molecule has 1 N–H and O–H groups in total. The molecule has 1 amide bonds. The van der Waals surface area contributed by atoms with E-state index in [0.717, 1.165) is 11.3 Å². The van der Waals surface area contributed by atoms with Gasteiger partial charge in [0.05, 0.1) is 18.7 Å². The molecular weight excluding hydrogens is 390 g/mol. The van der Waals surface area contributed by atoms with Crippen LogP contribution in [0.5, 0.6) is 5.75 Å². The van der Waals surface area contributed by atoms with Gasteiger partial charge in [-0.3, -0.25) is 4.79 Å². The van der Waals surface area contributed by atoms with E-state index in [0.29, 0.717) is 16.3 Å². The standard InChI is InChI=1S/C21H17N3O4S/c1-13(19(25)23-16-5-3-4-14(10-16)11-22)28-21(26)18-12-29-20(24-18)15-6-8-17(27-2)9-7-15/h3-10,12-13H,1-2H3,(H,23,25)/t13-/m0/s1. The molecule has 3 rings (SSSR count). The van der Waals surface area contributed by atoms with E-state index in [1.807, 2.05) is 30.3 Å². The monoisotopic (exact) mass is 407 g/mol. The highest BCUT2D eigenvalue weighted by Gasteiger charge is 2.21. The number of carbonyl (C=O) groups is 2.